The van der Waals surface area contributed by atoms with E-state index < -0.39 is 0 Å². The van der Waals surface area contributed by atoms with Crippen LogP contribution in [0.25, 0.3) is 0 Å². The second kappa shape index (κ2) is 4.28. The maximum absolute atomic E-state index is 11.6. The SMILES string of the molecule is C#CCC(=O)N1CCc2c(N)cccc2C1. The molecule has 2 N–H and O–H groups in total. The first-order valence-corrected chi connectivity index (χ1v) is 5.30. The summed E-state index contributed by atoms with van der Waals surface area (Å²) in [5.41, 5.74) is 9.02. The Morgan fingerprint density at radius 3 is 3.12 bits per heavy atom. The number of benzene rings is 1. The van der Waals surface area contributed by atoms with Crippen molar-refractivity contribution >= 4 is 11.6 Å². The Kier molecular flexibility index (Phi) is 2.82. The van der Waals surface area contributed by atoms with Gasteiger partial charge in [0.25, 0.3) is 0 Å². The maximum Gasteiger partial charge on any atom is 0.234 e. The van der Waals surface area contributed by atoms with Crippen LogP contribution >= 0.6 is 0 Å². The van der Waals surface area contributed by atoms with E-state index >= 15 is 0 Å². The number of nitrogens with zero attached hydrogens (tertiary/aromatic N) is 1. The normalized spacial score (nSPS) is 14.1. The van der Waals surface area contributed by atoms with Crippen molar-refractivity contribution in [3.8, 4) is 12.3 Å². The lowest BCUT2D eigenvalue weighted by Crippen LogP contribution is -2.35. The van der Waals surface area contributed by atoms with Gasteiger partial charge in [0.15, 0.2) is 0 Å². The summed E-state index contributed by atoms with van der Waals surface area (Å²) in [5.74, 6) is 2.41. The van der Waals surface area contributed by atoms with Crippen LogP contribution in [0.2, 0.25) is 0 Å². The van der Waals surface area contributed by atoms with E-state index in [1.807, 2.05) is 18.2 Å². The second-order valence-electron chi connectivity index (χ2n) is 3.93. The molecule has 16 heavy (non-hydrogen) atoms. The summed E-state index contributed by atoms with van der Waals surface area (Å²) in [6, 6.07) is 5.84. The quantitative estimate of drug-likeness (QED) is 0.563. The average Bonchev–Trinajstić information content (AvgIpc) is 2.29. The summed E-state index contributed by atoms with van der Waals surface area (Å²) in [6.07, 6.45) is 6.13. The summed E-state index contributed by atoms with van der Waals surface area (Å²) in [5, 5.41) is 0. The van der Waals surface area contributed by atoms with E-state index in [4.69, 9.17) is 12.2 Å². The minimum Gasteiger partial charge on any atom is -0.398 e. The van der Waals surface area contributed by atoms with Crippen LogP contribution in [0.3, 0.4) is 0 Å². The van der Waals surface area contributed by atoms with E-state index in [2.05, 4.69) is 5.92 Å². The molecule has 0 atom stereocenters. The van der Waals surface area contributed by atoms with Gasteiger partial charge in [0, 0.05) is 18.8 Å². The fourth-order valence-electron chi connectivity index (χ4n) is 2.05. The lowest BCUT2D eigenvalue weighted by atomic mass is 9.98. The van der Waals surface area contributed by atoms with Gasteiger partial charge >= 0.3 is 0 Å². The van der Waals surface area contributed by atoms with E-state index in [9.17, 15) is 4.79 Å². The molecule has 1 amide bonds. The molecule has 3 nitrogen and oxygen atoms in total. The molecule has 0 saturated carbocycles. The Balaban J connectivity index is 2.19. The molecular formula is C13H14N2O. The molecule has 1 aromatic rings. The smallest absolute Gasteiger partial charge is 0.234 e. The summed E-state index contributed by atoms with van der Waals surface area (Å²) in [4.78, 5) is 13.4. The van der Waals surface area contributed by atoms with Gasteiger partial charge in [0.2, 0.25) is 5.91 Å². The monoisotopic (exact) mass is 214 g/mol. The van der Waals surface area contributed by atoms with Crippen molar-refractivity contribution in [3.63, 3.8) is 0 Å². The Labute approximate surface area is 95.2 Å². The van der Waals surface area contributed by atoms with E-state index in [0.29, 0.717) is 13.1 Å². The Morgan fingerprint density at radius 2 is 2.38 bits per heavy atom. The Morgan fingerprint density at radius 1 is 1.56 bits per heavy atom. The van der Waals surface area contributed by atoms with Crippen LogP contribution in [0.15, 0.2) is 18.2 Å². The molecule has 82 valence electrons. The Hall–Kier alpha value is -1.95. The van der Waals surface area contributed by atoms with Crippen LogP contribution in [-0.2, 0) is 17.8 Å². The van der Waals surface area contributed by atoms with E-state index in [-0.39, 0.29) is 12.3 Å². The zero-order chi connectivity index (χ0) is 11.5. The van der Waals surface area contributed by atoms with E-state index in [1.165, 1.54) is 5.56 Å². The van der Waals surface area contributed by atoms with Crippen molar-refractivity contribution in [3.05, 3.63) is 29.3 Å². The van der Waals surface area contributed by atoms with Crippen LogP contribution in [0.4, 0.5) is 5.69 Å². The van der Waals surface area contributed by atoms with Crippen LogP contribution in [0.1, 0.15) is 17.5 Å². The molecule has 1 aliphatic rings. The van der Waals surface area contributed by atoms with Crippen molar-refractivity contribution < 1.29 is 4.79 Å². The number of rotatable bonds is 1. The van der Waals surface area contributed by atoms with E-state index in [1.54, 1.807) is 4.90 Å². The molecule has 2 rings (SSSR count). The summed E-state index contributed by atoms with van der Waals surface area (Å²) in [6.45, 7) is 1.34. The van der Waals surface area contributed by atoms with Crippen molar-refractivity contribution in [2.24, 2.45) is 0 Å². The molecule has 0 unspecified atom stereocenters. The molecule has 0 radical (unpaired) electrons. The lowest BCUT2D eigenvalue weighted by Gasteiger charge is -2.29. The molecular weight excluding hydrogens is 200 g/mol. The topological polar surface area (TPSA) is 46.3 Å². The highest BCUT2D eigenvalue weighted by molar-refractivity contribution is 5.79. The maximum atomic E-state index is 11.6. The summed E-state index contributed by atoms with van der Waals surface area (Å²) in [7, 11) is 0. The number of nitrogen functional groups attached to an aromatic ring is 1. The molecule has 3 heteroatoms. The number of terminal acetylenes is 1. The Bertz CT molecular complexity index is 459. The van der Waals surface area contributed by atoms with Gasteiger partial charge in [0.05, 0.1) is 6.42 Å². The second-order valence-corrected chi connectivity index (χ2v) is 3.93. The van der Waals surface area contributed by atoms with Gasteiger partial charge in [-0.15, -0.1) is 6.42 Å². The summed E-state index contributed by atoms with van der Waals surface area (Å²) >= 11 is 0. The van der Waals surface area contributed by atoms with Gasteiger partial charge in [-0.05, 0) is 23.6 Å². The number of hydrogen-bond acceptors (Lipinski definition) is 2. The largest absolute Gasteiger partial charge is 0.398 e. The predicted octanol–water partition coefficient (Wildman–Crippen LogP) is 1.18. The highest BCUT2D eigenvalue weighted by atomic mass is 16.2. The molecule has 1 aliphatic heterocycles. The predicted molar refractivity (Wildman–Crippen MR) is 63.4 cm³/mol. The number of fused-ring (bicyclic) bond motifs is 1. The fourth-order valence-corrected chi connectivity index (χ4v) is 2.05. The molecule has 0 aromatic heterocycles. The van der Waals surface area contributed by atoms with Gasteiger partial charge in [-0.3, -0.25) is 4.79 Å². The third-order valence-corrected chi connectivity index (χ3v) is 2.91. The number of amides is 1. The van der Waals surface area contributed by atoms with Gasteiger partial charge < -0.3 is 10.6 Å². The number of carbonyl (C=O) groups excluding carboxylic acids is 1. The molecule has 1 aromatic carbocycles. The average molecular weight is 214 g/mol. The first kappa shape index (κ1) is 10.6. The number of carbonyl (C=O) groups is 1. The first-order valence-electron chi connectivity index (χ1n) is 5.30. The minimum absolute atomic E-state index is 0.0237. The minimum atomic E-state index is 0.0237. The highest BCUT2D eigenvalue weighted by Crippen LogP contribution is 2.24. The standard InChI is InChI=1S/C13H14N2O/c1-2-4-13(16)15-8-7-11-10(9-15)5-3-6-12(11)14/h1,3,5-6H,4,7-9,14H2. The first-order chi connectivity index (χ1) is 7.72. The van der Waals surface area contributed by atoms with Gasteiger partial charge in [-0.1, -0.05) is 18.1 Å². The van der Waals surface area contributed by atoms with Crippen LogP contribution in [0, 0.1) is 12.3 Å². The molecule has 0 spiro atoms. The van der Waals surface area contributed by atoms with Crippen molar-refractivity contribution in [2.75, 3.05) is 12.3 Å². The number of nitrogens with two attached hydrogens (primary N) is 1. The number of anilines is 1. The van der Waals surface area contributed by atoms with Gasteiger partial charge in [-0.25, -0.2) is 0 Å². The molecule has 0 bridgehead atoms. The van der Waals surface area contributed by atoms with E-state index in [0.717, 1.165) is 17.7 Å². The lowest BCUT2D eigenvalue weighted by molar-refractivity contribution is -0.131. The molecule has 0 saturated heterocycles. The zero-order valence-electron chi connectivity index (χ0n) is 9.07. The molecule has 1 heterocycles. The fraction of sp³-hybridized carbons (Fsp3) is 0.308. The van der Waals surface area contributed by atoms with Gasteiger partial charge in [-0.2, -0.15) is 0 Å². The highest BCUT2D eigenvalue weighted by Gasteiger charge is 2.20. The number of hydrogen-bond donors (Lipinski definition) is 1. The molecule has 0 aliphatic carbocycles. The third-order valence-electron chi connectivity index (χ3n) is 2.91. The van der Waals surface area contributed by atoms with Crippen molar-refractivity contribution in [1.29, 1.82) is 0 Å². The van der Waals surface area contributed by atoms with Crippen LogP contribution in [-0.4, -0.2) is 17.4 Å². The van der Waals surface area contributed by atoms with Crippen LogP contribution < -0.4 is 5.73 Å². The van der Waals surface area contributed by atoms with Crippen LogP contribution in [0.5, 0.6) is 0 Å². The summed E-state index contributed by atoms with van der Waals surface area (Å²) < 4.78 is 0. The molecule has 0 fully saturated rings. The van der Waals surface area contributed by atoms with Crippen molar-refractivity contribution in [2.45, 2.75) is 19.4 Å². The van der Waals surface area contributed by atoms with Crippen molar-refractivity contribution in [1.82, 2.24) is 4.90 Å². The zero-order valence-corrected chi connectivity index (χ0v) is 9.07. The van der Waals surface area contributed by atoms with Gasteiger partial charge in [0.1, 0.15) is 0 Å². The third kappa shape index (κ3) is 1.87.